The SMILES string of the molecule is CCCCCCCCOc1ccc(C(N)=S)c(Br)c1. The molecule has 0 bridgehead atoms. The predicted octanol–water partition coefficient (Wildman–Crippen LogP) is 4.82. The van der Waals surface area contributed by atoms with Crippen LogP contribution in [-0.4, -0.2) is 11.6 Å². The number of hydrogen-bond acceptors (Lipinski definition) is 2. The van der Waals surface area contributed by atoms with Crippen molar-refractivity contribution in [3.05, 3.63) is 28.2 Å². The summed E-state index contributed by atoms with van der Waals surface area (Å²) in [6.45, 7) is 3.00. The number of unbranched alkanes of at least 4 members (excludes halogenated alkanes) is 5. The van der Waals surface area contributed by atoms with E-state index >= 15 is 0 Å². The lowest BCUT2D eigenvalue weighted by atomic mass is 10.1. The van der Waals surface area contributed by atoms with Gasteiger partial charge in [0, 0.05) is 10.0 Å². The fraction of sp³-hybridized carbons (Fsp3) is 0.533. The van der Waals surface area contributed by atoms with Crippen LogP contribution in [0.3, 0.4) is 0 Å². The topological polar surface area (TPSA) is 35.2 Å². The average molecular weight is 344 g/mol. The normalized spacial score (nSPS) is 10.4. The third-order valence-electron chi connectivity index (χ3n) is 2.97. The van der Waals surface area contributed by atoms with E-state index in [0.29, 0.717) is 4.99 Å². The van der Waals surface area contributed by atoms with Crippen LogP contribution < -0.4 is 10.5 Å². The highest BCUT2D eigenvalue weighted by Gasteiger charge is 2.04. The first-order chi connectivity index (χ1) is 9.15. The number of rotatable bonds is 9. The van der Waals surface area contributed by atoms with E-state index in [1.54, 1.807) is 0 Å². The van der Waals surface area contributed by atoms with E-state index in [1.807, 2.05) is 18.2 Å². The van der Waals surface area contributed by atoms with Gasteiger partial charge in [-0.1, -0.05) is 51.2 Å². The van der Waals surface area contributed by atoms with Gasteiger partial charge in [0.15, 0.2) is 0 Å². The molecule has 0 saturated heterocycles. The Balaban J connectivity index is 2.26. The van der Waals surface area contributed by atoms with Crippen LogP contribution in [0.5, 0.6) is 5.75 Å². The third kappa shape index (κ3) is 6.39. The smallest absolute Gasteiger partial charge is 0.120 e. The lowest BCUT2D eigenvalue weighted by molar-refractivity contribution is 0.304. The largest absolute Gasteiger partial charge is 0.494 e. The van der Waals surface area contributed by atoms with Crippen molar-refractivity contribution in [2.24, 2.45) is 5.73 Å². The van der Waals surface area contributed by atoms with Crippen molar-refractivity contribution in [3.8, 4) is 5.75 Å². The highest BCUT2D eigenvalue weighted by molar-refractivity contribution is 9.10. The molecule has 0 saturated carbocycles. The van der Waals surface area contributed by atoms with Crippen molar-refractivity contribution in [2.75, 3.05) is 6.61 Å². The molecule has 1 aromatic carbocycles. The molecule has 0 heterocycles. The third-order valence-corrected chi connectivity index (χ3v) is 3.85. The van der Waals surface area contributed by atoms with Crippen LogP contribution in [0.15, 0.2) is 22.7 Å². The molecule has 0 fully saturated rings. The van der Waals surface area contributed by atoms with Crippen molar-refractivity contribution >= 4 is 33.1 Å². The van der Waals surface area contributed by atoms with Crippen LogP contribution in [0.1, 0.15) is 51.0 Å². The minimum Gasteiger partial charge on any atom is -0.494 e. The number of nitrogens with two attached hydrogens (primary N) is 1. The van der Waals surface area contributed by atoms with Gasteiger partial charge >= 0.3 is 0 Å². The molecular weight excluding hydrogens is 322 g/mol. The molecule has 0 unspecified atom stereocenters. The van der Waals surface area contributed by atoms with E-state index < -0.39 is 0 Å². The van der Waals surface area contributed by atoms with Crippen LogP contribution >= 0.6 is 28.1 Å². The van der Waals surface area contributed by atoms with Gasteiger partial charge in [0.05, 0.1) is 6.61 Å². The highest BCUT2D eigenvalue weighted by atomic mass is 79.9. The van der Waals surface area contributed by atoms with Gasteiger partial charge in [-0.2, -0.15) is 0 Å². The number of thiocarbonyl (C=S) groups is 1. The molecule has 0 spiro atoms. The quantitative estimate of drug-likeness (QED) is 0.515. The summed E-state index contributed by atoms with van der Waals surface area (Å²) in [5, 5.41) is 0. The summed E-state index contributed by atoms with van der Waals surface area (Å²) in [7, 11) is 0. The van der Waals surface area contributed by atoms with Gasteiger partial charge in [-0.15, -0.1) is 0 Å². The van der Waals surface area contributed by atoms with Gasteiger partial charge in [0.2, 0.25) is 0 Å². The summed E-state index contributed by atoms with van der Waals surface area (Å²) in [5.41, 5.74) is 6.45. The molecule has 0 atom stereocenters. The summed E-state index contributed by atoms with van der Waals surface area (Å²) in [6.07, 6.45) is 7.63. The highest BCUT2D eigenvalue weighted by Crippen LogP contribution is 2.23. The average Bonchev–Trinajstić information content (AvgIpc) is 2.37. The Morgan fingerprint density at radius 2 is 1.89 bits per heavy atom. The first-order valence-electron chi connectivity index (χ1n) is 6.87. The Kier molecular flexibility index (Phi) is 8.07. The Morgan fingerprint density at radius 1 is 1.21 bits per heavy atom. The molecule has 0 aliphatic carbocycles. The molecule has 4 heteroatoms. The monoisotopic (exact) mass is 343 g/mol. The molecule has 2 nitrogen and oxygen atoms in total. The molecule has 0 aliphatic rings. The number of benzene rings is 1. The Labute approximate surface area is 129 Å². The maximum atomic E-state index is 5.71. The van der Waals surface area contributed by atoms with Crippen LogP contribution in [-0.2, 0) is 0 Å². The number of hydrogen-bond donors (Lipinski definition) is 1. The molecule has 2 N–H and O–H groups in total. The second-order valence-electron chi connectivity index (χ2n) is 4.62. The molecule has 0 aliphatic heterocycles. The van der Waals surface area contributed by atoms with Gasteiger partial charge in [-0.05, 0) is 40.5 Å². The summed E-state index contributed by atoms with van der Waals surface area (Å²) in [6, 6.07) is 5.73. The summed E-state index contributed by atoms with van der Waals surface area (Å²) >= 11 is 8.41. The fourth-order valence-electron chi connectivity index (χ4n) is 1.86. The molecule has 106 valence electrons. The second kappa shape index (κ2) is 9.32. The van der Waals surface area contributed by atoms with Crippen LogP contribution in [0.2, 0.25) is 0 Å². The first-order valence-corrected chi connectivity index (χ1v) is 8.07. The van der Waals surface area contributed by atoms with Crippen molar-refractivity contribution in [1.29, 1.82) is 0 Å². The number of ether oxygens (including phenoxy) is 1. The lowest BCUT2D eigenvalue weighted by Gasteiger charge is -2.08. The Bertz CT molecular complexity index is 409. The van der Waals surface area contributed by atoms with E-state index in [-0.39, 0.29) is 0 Å². The Morgan fingerprint density at radius 3 is 2.53 bits per heavy atom. The van der Waals surface area contributed by atoms with Crippen molar-refractivity contribution in [3.63, 3.8) is 0 Å². The Hall–Kier alpha value is -0.610. The van der Waals surface area contributed by atoms with E-state index in [1.165, 1.54) is 32.1 Å². The minimum absolute atomic E-state index is 0.398. The molecule has 19 heavy (non-hydrogen) atoms. The van der Waals surface area contributed by atoms with E-state index in [4.69, 9.17) is 22.7 Å². The standard InChI is InChI=1S/C15H22BrNOS/c1-2-3-4-5-6-7-10-18-12-8-9-13(15(17)19)14(16)11-12/h8-9,11H,2-7,10H2,1H3,(H2,17,19). The molecule has 0 radical (unpaired) electrons. The van der Waals surface area contributed by atoms with Crippen molar-refractivity contribution in [1.82, 2.24) is 0 Å². The van der Waals surface area contributed by atoms with E-state index in [2.05, 4.69) is 22.9 Å². The molecule has 1 aromatic rings. The summed E-state index contributed by atoms with van der Waals surface area (Å²) in [5.74, 6) is 0.862. The zero-order chi connectivity index (χ0) is 14.1. The van der Waals surface area contributed by atoms with E-state index in [0.717, 1.165) is 28.8 Å². The predicted molar refractivity (Wildman–Crippen MR) is 88.9 cm³/mol. The van der Waals surface area contributed by atoms with Gasteiger partial charge in [-0.25, -0.2) is 0 Å². The maximum absolute atomic E-state index is 5.71. The maximum Gasteiger partial charge on any atom is 0.120 e. The molecule has 0 aromatic heterocycles. The fourth-order valence-corrected chi connectivity index (χ4v) is 2.74. The molecule has 0 amide bonds. The van der Waals surface area contributed by atoms with Crippen molar-refractivity contribution in [2.45, 2.75) is 45.4 Å². The van der Waals surface area contributed by atoms with E-state index in [9.17, 15) is 0 Å². The summed E-state index contributed by atoms with van der Waals surface area (Å²) in [4.78, 5) is 0.398. The van der Waals surface area contributed by atoms with Gasteiger partial charge in [0.25, 0.3) is 0 Å². The minimum atomic E-state index is 0.398. The summed E-state index contributed by atoms with van der Waals surface area (Å²) < 4.78 is 6.60. The van der Waals surface area contributed by atoms with Crippen molar-refractivity contribution < 1.29 is 4.74 Å². The van der Waals surface area contributed by atoms with Gasteiger partial charge in [-0.3, -0.25) is 0 Å². The molecule has 1 rings (SSSR count). The first kappa shape index (κ1) is 16.4. The number of halogens is 1. The van der Waals surface area contributed by atoms with Crippen LogP contribution in [0.4, 0.5) is 0 Å². The van der Waals surface area contributed by atoms with Crippen LogP contribution in [0.25, 0.3) is 0 Å². The molecular formula is C15H22BrNOS. The second-order valence-corrected chi connectivity index (χ2v) is 5.92. The lowest BCUT2D eigenvalue weighted by Crippen LogP contribution is -2.10. The zero-order valence-electron chi connectivity index (χ0n) is 11.5. The van der Waals surface area contributed by atoms with Gasteiger partial charge in [0.1, 0.15) is 10.7 Å². The van der Waals surface area contributed by atoms with Crippen LogP contribution in [0, 0.1) is 0 Å². The zero-order valence-corrected chi connectivity index (χ0v) is 13.9. The van der Waals surface area contributed by atoms with Gasteiger partial charge < -0.3 is 10.5 Å².